The van der Waals surface area contributed by atoms with E-state index in [4.69, 9.17) is 0 Å². The lowest BCUT2D eigenvalue weighted by Gasteiger charge is -2.14. The molecule has 0 aliphatic carbocycles. The van der Waals surface area contributed by atoms with Crippen LogP contribution in [0.2, 0.25) is 0 Å². The highest BCUT2D eigenvalue weighted by Gasteiger charge is 2.20. The van der Waals surface area contributed by atoms with E-state index in [-0.39, 0.29) is 5.91 Å². The molecule has 5 nitrogen and oxygen atoms in total. The van der Waals surface area contributed by atoms with Crippen LogP contribution in [0.5, 0.6) is 0 Å². The highest BCUT2D eigenvalue weighted by Crippen LogP contribution is 2.11. The van der Waals surface area contributed by atoms with E-state index in [1.54, 1.807) is 12.3 Å². The number of carbonyl (C=O) groups excluding carboxylic acids is 1. The predicted molar refractivity (Wildman–Crippen MR) is 65.9 cm³/mol. The zero-order chi connectivity index (χ0) is 12.1. The SMILES string of the molecule is C=CCNc1cnc(C(=O)N2CCCC2)cn1. The van der Waals surface area contributed by atoms with Gasteiger partial charge in [0.05, 0.1) is 12.4 Å². The van der Waals surface area contributed by atoms with Gasteiger partial charge in [-0.05, 0) is 12.8 Å². The number of nitrogens with one attached hydrogen (secondary N) is 1. The maximum Gasteiger partial charge on any atom is 0.274 e. The average molecular weight is 232 g/mol. The number of rotatable bonds is 4. The van der Waals surface area contributed by atoms with E-state index in [0.717, 1.165) is 25.9 Å². The molecule has 0 saturated carbocycles. The smallest absolute Gasteiger partial charge is 0.274 e. The third-order valence-electron chi connectivity index (χ3n) is 2.69. The van der Waals surface area contributed by atoms with Gasteiger partial charge in [0, 0.05) is 19.6 Å². The summed E-state index contributed by atoms with van der Waals surface area (Å²) in [4.78, 5) is 22.0. The van der Waals surface area contributed by atoms with Gasteiger partial charge in [-0.25, -0.2) is 9.97 Å². The Hall–Kier alpha value is -1.91. The van der Waals surface area contributed by atoms with Gasteiger partial charge in [0.2, 0.25) is 0 Å². The second-order valence-corrected chi connectivity index (χ2v) is 3.96. The first kappa shape index (κ1) is 11.6. The summed E-state index contributed by atoms with van der Waals surface area (Å²) in [6.07, 6.45) is 7.00. The van der Waals surface area contributed by atoms with Crippen LogP contribution < -0.4 is 5.32 Å². The lowest BCUT2D eigenvalue weighted by molar-refractivity contribution is 0.0786. The summed E-state index contributed by atoms with van der Waals surface area (Å²) < 4.78 is 0. The predicted octanol–water partition coefficient (Wildman–Crippen LogP) is 1.31. The molecule has 1 aliphatic rings. The quantitative estimate of drug-likeness (QED) is 0.795. The molecule has 2 heterocycles. The van der Waals surface area contributed by atoms with E-state index in [1.807, 2.05) is 4.90 Å². The van der Waals surface area contributed by atoms with Crippen LogP contribution >= 0.6 is 0 Å². The first-order valence-electron chi connectivity index (χ1n) is 5.77. The minimum absolute atomic E-state index is 0.0229. The van der Waals surface area contributed by atoms with Crippen LogP contribution in [0.3, 0.4) is 0 Å². The Labute approximate surface area is 101 Å². The summed E-state index contributed by atoms with van der Waals surface area (Å²) in [7, 11) is 0. The van der Waals surface area contributed by atoms with Crippen molar-refractivity contribution in [3.05, 3.63) is 30.7 Å². The van der Waals surface area contributed by atoms with Crippen molar-refractivity contribution >= 4 is 11.7 Å². The molecule has 0 aromatic carbocycles. The zero-order valence-corrected chi connectivity index (χ0v) is 9.72. The standard InChI is InChI=1S/C12H16N4O/c1-2-5-13-11-9-14-10(8-15-11)12(17)16-6-3-4-7-16/h2,8-9H,1,3-7H2,(H,13,15). The molecule has 5 heteroatoms. The second-order valence-electron chi connectivity index (χ2n) is 3.96. The number of likely N-dealkylation sites (tertiary alicyclic amines) is 1. The van der Waals surface area contributed by atoms with Crippen LogP contribution in [0.25, 0.3) is 0 Å². The fourth-order valence-corrected chi connectivity index (χ4v) is 1.79. The Morgan fingerprint density at radius 1 is 1.41 bits per heavy atom. The van der Waals surface area contributed by atoms with E-state index in [1.165, 1.54) is 6.20 Å². The molecule has 0 bridgehead atoms. The third-order valence-corrected chi connectivity index (χ3v) is 2.69. The van der Waals surface area contributed by atoms with Crippen molar-refractivity contribution in [3.8, 4) is 0 Å². The van der Waals surface area contributed by atoms with Gasteiger partial charge in [0.25, 0.3) is 5.91 Å². The van der Waals surface area contributed by atoms with E-state index >= 15 is 0 Å². The topological polar surface area (TPSA) is 58.1 Å². The van der Waals surface area contributed by atoms with Crippen molar-refractivity contribution in [1.82, 2.24) is 14.9 Å². The van der Waals surface area contributed by atoms with Gasteiger partial charge in [0.1, 0.15) is 11.5 Å². The molecular formula is C12H16N4O. The van der Waals surface area contributed by atoms with Gasteiger partial charge in [-0.2, -0.15) is 0 Å². The Kier molecular flexibility index (Phi) is 3.69. The van der Waals surface area contributed by atoms with Crippen LogP contribution in [0, 0.1) is 0 Å². The van der Waals surface area contributed by atoms with E-state index in [9.17, 15) is 4.79 Å². The highest BCUT2D eigenvalue weighted by atomic mass is 16.2. The number of amides is 1. The van der Waals surface area contributed by atoms with Gasteiger partial charge in [-0.1, -0.05) is 6.08 Å². The molecule has 0 atom stereocenters. The third kappa shape index (κ3) is 2.81. The number of carbonyl (C=O) groups is 1. The summed E-state index contributed by atoms with van der Waals surface area (Å²) >= 11 is 0. The van der Waals surface area contributed by atoms with Gasteiger partial charge in [-0.3, -0.25) is 4.79 Å². The number of aromatic nitrogens is 2. The lowest BCUT2D eigenvalue weighted by atomic mass is 10.4. The Morgan fingerprint density at radius 3 is 2.76 bits per heavy atom. The molecule has 90 valence electrons. The highest BCUT2D eigenvalue weighted by molar-refractivity contribution is 5.92. The molecule has 17 heavy (non-hydrogen) atoms. The maximum absolute atomic E-state index is 12.0. The van der Waals surface area contributed by atoms with Gasteiger partial charge < -0.3 is 10.2 Å². The summed E-state index contributed by atoms with van der Waals surface area (Å²) in [5.74, 6) is 0.633. The lowest BCUT2D eigenvalue weighted by Crippen LogP contribution is -2.28. The van der Waals surface area contributed by atoms with E-state index in [2.05, 4.69) is 21.9 Å². The van der Waals surface area contributed by atoms with Gasteiger partial charge >= 0.3 is 0 Å². The monoisotopic (exact) mass is 232 g/mol. The Morgan fingerprint density at radius 2 is 2.18 bits per heavy atom. The molecule has 1 fully saturated rings. The molecule has 0 radical (unpaired) electrons. The van der Waals surface area contributed by atoms with Crippen LogP contribution in [0.1, 0.15) is 23.3 Å². The number of hydrogen-bond acceptors (Lipinski definition) is 4. The molecule has 1 aromatic rings. The van der Waals surface area contributed by atoms with Crippen molar-refractivity contribution in [2.45, 2.75) is 12.8 Å². The second kappa shape index (κ2) is 5.43. The molecule has 1 aliphatic heterocycles. The largest absolute Gasteiger partial charge is 0.365 e. The van der Waals surface area contributed by atoms with Gasteiger partial charge in [-0.15, -0.1) is 6.58 Å². The number of nitrogens with zero attached hydrogens (tertiary/aromatic N) is 3. The van der Waals surface area contributed by atoms with Crippen molar-refractivity contribution in [1.29, 1.82) is 0 Å². The minimum atomic E-state index is -0.0229. The molecule has 1 aromatic heterocycles. The van der Waals surface area contributed by atoms with Crippen molar-refractivity contribution in [2.75, 3.05) is 25.0 Å². The van der Waals surface area contributed by atoms with Crippen LogP contribution in [0.4, 0.5) is 5.82 Å². The number of anilines is 1. The van der Waals surface area contributed by atoms with Crippen LogP contribution in [0.15, 0.2) is 25.0 Å². The van der Waals surface area contributed by atoms with Crippen LogP contribution in [-0.2, 0) is 0 Å². The average Bonchev–Trinajstić information content (AvgIpc) is 2.90. The molecule has 1 amide bonds. The first-order valence-corrected chi connectivity index (χ1v) is 5.77. The maximum atomic E-state index is 12.0. The summed E-state index contributed by atoms with van der Waals surface area (Å²) in [5, 5.41) is 3.01. The summed E-state index contributed by atoms with van der Waals surface area (Å²) in [6, 6.07) is 0. The molecular weight excluding hydrogens is 216 g/mol. The molecule has 1 N–H and O–H groups in total. The normalized spacial score (nSPS) is 14.7. The molecule has 2 rings (SSSR count). The summed E-state index contributed by atoms with van der Waals surface area (Å²) in [6.45, 7) is 5.90. The first-order chi connectivity index (χ1) is 8.31. The Balaban J connectivity index is 2.01. The van der Waals surface area contributed by atoms with Crippen LogP contribution in [-0.4, -0.2) is 40.4 Å². The van der Waals surface area contributed by atoms with E-state index in [0.29, 0.717) is 18.1 Å². The molecule has 0 unspecified atom stereocenters. The Bertz CT molecular complexity index is 395. The van der Waals surface area contributed by atoms with Crippen molar-refractivity contribution in [2.24, 2.45) is 0 Å². The summed E-state index contributed by atoms with van der Waals surface area (Å²) in [5.41, 5.74) is 0.413. The molecule has 0 spiro atoms. The minimum Gasteiger partial charge on any atom is -0.365 e. The fraction of sp³-hybridized carbons (Fsp3) is 0.417. The van der Waals surface area contributed by atoms with Crippen molar-refractivity contribution in [3.63, 3.8) is 0 Å². The number of hydrogen-bond donors (Lipinski definition) is 1. The van der Waals surface area contributed by atoms with Gasteiger partial charge in [0.15, 0.2) is 0 Å². The zero-order valence-electron chi connectivity index (χ0n) is 9.72. The van der Waals surface area contributed by atoms with E-state index < -0.39 is 0 Å². The van der Waals surface area contributed by atoms with Crippen molar-refractivity contribution < 1.29 is 4.79 Å². The fourth-order valence-electron chi connectivity index (χ4n) is 1.79. The molecule has 1 saturated heterocycles.